The summed E-state index contributed by atoms with van der Waals surface area (Å²) in [6, 6.07) is 11.7. The van der Waals surface area contributed by atoms with E-state index >= 15 is 0 Å². The Labute approximate surface area is 186 Å². The Kier molecular flexibility index (Phi) is 7.90. The minimum atomic E-state index is -0.187. The van der Waals surface area contributed by atoms with E-state index in [0.29, 0.717) is 11.5 Å². The first-order valence-electron chi connectivity index (χ1n) is 9.89. The van der Waals surface area contributed by atoms with Crippen LogP contribution in [0.15, 0.2) is 46.9 Å². The maximum absolute atomic E-state index is 12.3. The first-order chi connectivity index (χ1) is 14.5. The first kappa shape index (κ1) is 22.3. The zero-order valence-corrected chi connectivity index (χ0v) is 19.2. The number of carbonyl (C=O) groups is 1. The van der Waals surface area contributed by atoms with E-state index in [1.54, 1.807) is 20.3 Å². The molecular formula is C23H28BrN3O3. The molecule has 1 heterocycles. The molecule has 1 amide bonds. The Morgan fingerprint density at radius 1 is 1.10 bits per heavy atom. The van der Waals surface area contributed by atoms with Crippen molar-refractivity contribution in [3.63, 3.8) is 0 Å². The van der Waals surface area contributed by atoms with Crippen LogP contribution >= 0.6 is 15.9 Å². The zero-order valence-electron chi connectivity index (χ0n) is 17.7. The quantitative estimate of drug-likeness (QED) is 0.618. The van der Waals surface area contributed by atoms with Crippen molar-refractivity contribution in [1.29, 1.82) is 0 Å². The van der Waals surface area contributed by atoms with Crippen LogP contribution in [0.1, 0.15) is 11.1 Å². The number of methoxy groups -OCH3 is 2. The predicted octanol–water partition coefficient (Wildman–Crippen LogP) is 3.87. The molecule has 1 saturated heterocycles. The van der Waals surface area contributed by atoms with Gasteiger partial charge in [0.1, 0.15) is 0 Å². The third kappa shape index (κ3) is 6.08. The zero-order chi connectivity index (χ0) is 21.5. The van der Waals surface area contributed by atoms with E-state index in [1.807, 2.05) is 24.3 Å². The molecule has 160 valence electrons. The van der Waals surface area contributed by atoms with E-state index < -0.39 is 0 Å². The van der Waals surface area contributed by atoms with Crippen LogP contribution in [0, 0.1) is 0 Å². The van der Waals surface area contributed by atoms with Gasteiger partial charge in [0.2, 0.25) is 5.91 Å². The van der Waals surface area contributed by atoms with Gasteiger partial charge in [-0.3, -0.25) is 9.69 Å². The summed E-state index contributed by atoms with van der Waals surface area (Å²) < 4.78 is 11.4. The van der Waals surface area contributed by atoms with E-state index in [2.05, 4.69) is 50.2 Å². The fourth-order valence-electron chi connectivity index (χ4n) is 3.35. The largest absolute Gasteiger partial charge is 0.493 e. The van der Waals surface area contributed by atoms with E-state index in [9.17, 15) is 4.79 Å². The lowest BCUT2D eigenvalue weighted by atomic mass is 10.1. The third-order valence-electron chi connectivity index (χ3n) is 5.11. The van der Waals surface area contributed by atoms with Crippen molar-refractivity contribution in [2.75, 3.05) is 52.8 Å². The van der Waals surface area contributed by atoms with Gasteiger partial charge in [-0.05, 0) is 64.4 Å². The molecule has 2 aromatic carbocycles. The van der Waals surface area contributed by atoms with Crippen molar-refractivity contribution < 1.29 is 14.3 Å². The summed E-state index contributed by atoms with van der Waals surface area (Å²) in [5, 5.41) is 2.90. The van der Waals surface area contributed by atoms with Crippen molar-refractivity contribution in [2.24, 2.45) is 0 Å². The van der Waals surface area contributed by atoms with Gasteiger partial charge in [0, 0.05) is 44.5 Å². The maximum Gasteiger partial charge on any atom is 0.248 e. The summed E-state index contributed by atoms with van der Waals surface area (Å²) >= 11 is 3.46. The molecule has 1 aliphatic rings. The number of halogens is 1. The molecule has 0 aliphatic carbocycles. The van der Waals surface area contributed by atoms with E-state index in [1.165, 1.54) is 11.6 Å². The average Bonchev–Trinajstić information content (AvgIpc) is 2.75. The van der Waals surface area contributed by atoms with Gasteiger partial charge >= 0.3 is 0 Å². The molecule has 0 radical (unpaired) electrons. The molecule has 3 rings (SSSR count). The first-order valence-corrected chi connectivity index (χ1v) is 10.7. The summed E-state index contributed by atoms with van der Waals surface area (Å²) in [6.07, 6.45) is 3.25. The fourth-order valence-corrected chi connectivity index (χ4v) is 3.97. The minimum absolute atomic E-state index is 0.187. The van der Waals surface area contributed by atoms with Gasteiger partial charge in [0.15, 0.2) is 11.5 Å². The normalized spacial score (nSPS) is 15.3. The van der Waals surface area contributed by atoms with Crippen LogP contribution in [0.3, 0.4) is 0 Å². The maximum atomic E-state index is 12.3. The molecule has 0 bridgehead atoms. The molecule has 6 nitrogen and oxygen atoms in total. The molecule has 0 unspecified atom stereocenters. The smallest absolute Gasteiger partial charge is 0.248 e. The van der Waals surface area contributed by atoms with Gasteiger partial charge in [0.05, 0.1) is 18.7 Å². The minimum Gasteiger partial charge on any atom is -0.493 e. The molecule has 1 N–H and O–H groups in total. The second-order valence-corrected chi connectivity index (χ2v) is 8.19. The number of carbonyl (C=O) groups excluding carboxylic acids is 1. The van der Waals surface area contributed by atoms with Crippen LogP contribution in [0.25, 0.3) is 6.08 Å². The molecule has 1 fully saturated rings. The Hall–Kier alpha value is -2.35. The Bertz CT molecular complexity index is 891. The molecule has 7 heteroatoms. The second-order valence-electron chi connectivity index (χ2n) is 7.34. The highest BCUT2D eigenvalue weighted by Gasteiger charge is 2.14. The van der Waals surface area contributed by atoms with Gasteiger partial charge in [-0.15, -0.1) is 0 Å². The molecule has 0 spiro atoms. The number of ether oxygens (including phenoxy) is 2. The standard InChI is InChI=1S/C23H28BrN3O3/c1-26-10-12-27(13-11-26)16-17-4-7-19(8-5-17)25-22(28)9-6-18-14-20(24)23(30-3)21(15-18)29-2/h4-9,14-15H,10-13,16H2,1-3H3,(H,25,28)/b9-6+. The number of nitrogens with one attached hydrogen (secondary N) is 1. The van der Waals surface area contributed by atoms with Crippen LogP contribution in [0.2, 0.25) is 0 Å². The number of likely N-dealkylation sites (N-methyl/N-ethyl adjacent to an activating group) is 1. The van der Waals surface area contributed by atoms with Crippen molar-refractivity contribution in [2.45, 2.75) is 6.54 Å². The molecule has 2 aromatic rings. The average molecular weight is 474 g/mol. The Morgan fingerprint density at radius 2 is 1.80 bits per heavy atom. The van der Waals surface area contributed by atoms with Crippen molar-refractivity contribution >= 4 is 33.6 Å². The highest BCUT2D eigenvalue weighted by molar-refractivity contribution is 9.10. The number of amides is 1. The van der Waals surface area contributed by atoms with Crippen LogP contribution in [0.4, 0.5) is 5.69 Å². The fraction of sp³-hybridized carbons (Fsp3) is 0.348. The Balaban J connectivity index is 1.56. The molecule has 0 saturated carbocycles. The van der Waals surface area contributed by atoms with Gasteiger partial charge in [-0.25, -0.2) is 0 Å². The number of rotatable bonds is 7. The van der Waals surface area contributed by atoms with Crippen molar-refractivity contribution in [1.82, 2.24) is 9.80 Å². The van der Waals surface area contributed by atoms with E-state index in [-0.39, 0.29) is 5.91 Å². The highest BCUT2D eigenvalue weighted by atomic mass is 79.9. The van der Waals surface area contributed by atoms with Crippen LogP contribution in [-0.2, 0) is 11.3 Å². The Morgan fingerprint density at radius 3 is 2.43 bits per heavy atom. The van der Waals surface area contributed by atoms with Gasteiger partial charge in [0.25, 0.3) is 0 Å². The lowest BCUT2D eigenvalue weighted by molar-refractivity contribution is -0.111. The van der Waals surface area contributed by atoms with Crippen LogP contribution in [0.5, 0.6) is 11.5 Å². The number of benzene rings is 2. The number of anilines is 1. The summed E-state index contributed by atoms with van der Waals surface area (Å²) in [5.74, 6) is 1.03. The van der Waals surface area contributed by atoms with Gasteiger partial charge < -0.3 is 19.7 Å². The summed E-state index contributed by atoms with van der Waals surface area (Å²) in [7, 11) is 5.33. The molecule has 1 aliphatic heterocycles. The SMILES string of the molecule is COc1cc(/C=C/C(=O)Nc2ccc(CN3CCN(C)CC3)cc2)cc(Br)c1OC. The van der Waals surface area contributed by atoms with Crippen molar-refractivity contribution in [3.8, 4) is 11.5 Å². The van der Waals surface area contributed by atoms with E-state index in [0.717, 1.165) is 48.4 Å². The monoisotopic (exact) mass is 473 g/mol. The van der Waals surface area contributed by atoms with Crippen LogP contribution < -0.4 is 14.8 Å². The number of piperazine rings is 1. The summed E-state index contributed by atoms with van der Waals surface area (Å²) in [5.41, 5.74) is 2.86. The van der Waals surface area contributed by atoms with Crippen LogP contribution in [-0.4, -0.2) is 63.2 Å². The number of nitrogens with zero attached hydrogens (tertiary/aromatic N) is 2. The number of hydrogen-bond acceptors (Lipinski definition) is 5. The molecular weight excluding hydrogens is 446 g/mol. The van der Waals surface area contributed by atoms with Gasteiger partial charge in [-0.2, -0.15) is 0 Å². The van der Waals surface area contributed by atoms with Crippen molar-refractivity contribution in [3.05, 3.63) is 58.1 Å². The molecule has 0 atom stereocenters. The lowest BCUT2D eigenvalue weighted by Gasteiger charge is -2.32. The summed E-state index contributed by atoms with van der Waals surface area (Å²) in [4.78, 5) is 17.1. The predicted molar refractivity (Wildman–Crippen MR) is 124 cm³/mol. The highest BCUT2D eigenvalue weighted by Crippen LogP contribution is 2.36. The second kappa shape index (κ2) is 10.6. The van der Waals surface area contributed by atoms with E-state index in [4.69, 9.17) is 9.47 Å². The lowest BCUT2D eigenvalue weighted by Crippen LogP contribution is -2.43. The molecule has 30 heavy (non-hydrogen) atoms. The number of hydrogen-bond donors (Lipinski definition) is 1. The van der Waals surface area contributed by atoms with Gasteiger partial charge in [-0.1, -0.05) is 12.1 Å². The molecule has 0 aromatic heterocycles. The summed E-state index contributed by atoms with van der Waals surface area (Å²) in [6.45, 7) is 5.34. The third-order valence-corrected chi connectivity index (χ3v) is 5.70. The topological polar surface area (TPSA) is 54.0 Å².